The lowest BCUT2D eigenvalue weighted by Crippen LogP contribution is -2.15. The molecule has 0 aliphatic heterocycles. The second kappa shape index (κ2) is 11.7. The second-order valence-electron chi connectivity index (χ2n) is 9.37. The average molecular weight is 383 g/mol. The quantitative estimate of drug-likeness (QED) is 0.371. The Morgan fingerprint density at radius 2 is 1.54 bits per heavy atom. The molecule has 1 aromatic rings. The van der Waals surface area contributed by atoms with Crippen LogP contribution in [0.15, 0.2) is 35.9 Å². The van der Waals surface area contributed by atoms with Crippen molar-refractivity contribution in [2.24, 2.45) is 17.8 Å². The third-order valence-corrected chi connectivity index (χ3v) is 7.27. The molecule has 0 bridgehead atoms. The lowest BCUT2D eigenvalue weighted by molar-refractivity contribution is 0.241. The maximum Gasteiger partial charge on any atom is 0.119 e. The van der Waals surface area contributed by atoms with E-state index in [-0.39, 0.29) is 0 Å². The van der Waals surface area contributed by atoms with E-state index in [1.54, 1.807) is 5.57 Å². The largest absolute Gasteiger partial charge is 0.494 e. The van der Waals surface area contributed by atoms with Crippen LogP contribution in [0.25, 0.3) is 0 Å². The van der Waals surface area contributed by atoms with Crippen LogP contribution >= 0.6 is 0 Å². The topological polar surface area (TPSA) is 9.23 Å². The molecule has 3 rings (SSSR count). The maximum absolute atomic E-state index is 5.68. The van der Waals surface area contributed by atoms with Crippen molar-refractivity contribution in [1.82, 2.24) is 0 Å². The van der Waals surface area contributed by atoms with Crippen LogP contribution in [0.2, 0.25) is 0 Å². The summed E-state index contributed by atoms with van der Waals surface area (Å²) in [4.78, 5) is 0. The summed E-state index contributed by atoms with van der Waals surface area (Å²) in [7, 11) is 0. The van der Waals surface area contributed by atoms with E-state index in [0.29, 0.717) is 0 Å². The molecule has 1 saturated carbocycles. The molecule has 1 heteroatoms. The molecule has 0 saturated heterocycles. The van der Waals surface area contributed by atoms with Gasteiger partial charge in [-0.3, -0.25) is 0 Å². The Labute approximate surface area is 174 Å². The Balaban J connectivity index is 1.33. The number of benzene rings is 1. The molecule has 0 radical (unpaired) electrons. The van der Waals surface area contributed by atoms with Crippen LogP contribution < -0.4 is 4.74 Å². The highest BCUT2D eigenvalue weighted by molar-refractivity contribution is 5.28. The summed E-state index contributed by atoms with van der Waals surface area (Å²) >= 11 is 0. The van der Waals surface area contributed by atoms with Crippen LogP contribution in [0.3, 0.4) is 0 Å². The molecule has 28 heavy (non-hydrogen) atoms. The fourth-order valence-electron chi connectivity index (χ4n) is 5.11. The van der Waals surface area contributed by atoms with E-state index in [2.05, 4.69) is 44.2 Å². The number of hydrogen-bond acceptors (Lipinski definition) is 1. The van der Waals surface area contributed by atoms with E-state index < -0.39 is 0 Å². The molecule has 1 atom stereocenters. The summed E-state index contributed by atoms with van der Waals surface area (Å²) in [5, 5.41) is 0. The normalized spacial score (nSPS) is 25.4. The van der Waals surface area contributed by atoms with Gasteiger partial charge in [-0.1, -0.05) is 76.2 Å². The van der Waals surface area contributed by atoms with Gasteiger partial charge >= 0.3 is 0 Å². The standard InChI is InChI=1S/C27H42O/c1-3-21-28-27-19-17-26(18-20-27)16-15-25-13-11-24(12-14-25)10-9-23-7-5-22(4-2)6-8-23/h13,17-20,22-24H,3-12,14-16,21H2,1-2H3/t22-,23-,24?. The Bertz CT molecular complexity index is 577. The summed E-state index contributed by atoms with van der Waals surface area (Å²) in [6.07, 6.45) is 20.6. The molecule has 1 aromatic carbocycles. The van der Waals surface area contributed by atoms with Gasteiger partial charge in [-0.2, -0.15) is 0 Å². The van der Waals surface area contributed by atoms with Gasteiger partial charge in [0.25, 0.3) is 0 Å². The summed E-state index contributed by atoms with van der Waals surface area (Å²) in [5.74, 6) is 4.05. The van der Waals surface area contributed by atoms with Crippen LogP contribution in [-0.2, 0) is 6.42 Å². The molecule has 0 heterocycles. The van der Waals surface area contributed by atoms with E-state index in [4.69, 9.17) is 4.74 Å². The first-order valence-electron chi connectivity index (χ1n) is 12.2. The maximum atomic E-state index is 5.68. The summed E-state index contributed by atoms with van der Waals surface area (Å²) in [5.41, 5.74) is 3.14. The third kappa shape index (κ3) is 6.98. The van der Waals surface area contributed by atoms with Gasteiger partial charge < -0.3 is 4.74 Å². The molecule has 0 aromatic heterocycles. The third-order valence-electron chi connectivity index (χ3n) is 7.27. The molecular weight excluding hydrogens is 340 g/mol. The van der Waals surface area contributed by atoms with E-state index in [1.807, 2.05) is 0 Å². The fourth-order valence-corrected chi connectivity index (χ4v) is 5.11. The number of hydrogen-bond donors (Lipinski definition) is 0. The highest BCUT2D eigenvalue weighted by Gasteiger charge is 2.21. The van der Waals surface area contributed by atoms with Crippen LogP contribution in [0.5, 0.6) is 5.75 Å². The first kappa shape index (κ1) is 21.5. The molecule has 0 amide bonds. The van der Waals surface area contributed by atoms with Crippen molar-refractivity contribution in [2.75, 3.05) is 6.61 Å². The predicted molar refractivity (Wildman–Crippen MR) is 121 cm³/mol. The van der Waals surface area contributed by atoms with Crippen molar-refractivity contribution in [2.45, 2.75) is 97.3 Å². The Kier molecular flexibility index (Phi) is 8.96. The highest BCUT2D eigenvalue weighted by atomic mass is 16.5. The van der Waals surface area contributed by atoms with Crippen molar-refractivity contribution in [3.05, 3.63) is 41.5 Å². The molecule has 0 spiro atoms. The molecule has 0 N–H and O–H groups in total. The highest BCUT2D eigenvalue weighted by Crippen LogP contribution is 2.36. The smallest absolute Gasteiger partial charge is 0.119 e. The monoisotopic (exact) mass is 382 g/mol. The van der Waals surface area contributed by atoms with E-state index >= 15 is 0 Å². The Hall–Kier alpha value is -1.24. The van der Waals surface area contributed by atoms with Gasteiger partial charge in [-0.15, -0.1) is 0 Å². The Morgan fingerprint density at radius 3 is 2.18 bits per heavy atom. The summed E-state index contributed by atoms with van der Waals surface area (Å²) in [6, 6.07) is 8.74. The van der Waals surface area contributed by atoms with Gasteiger partial charge in [0.05, 0.1) is 6.61 Å². The summed E-state index contributed by atoms with van der Waals surface area (Å²) < 4.78 is 5.68. The molecule has 1 fully saturated rings. The number of aryl methyl sites for hydroxylation is 1. The fraction of sp³-hybridized carbons (Fsp3) is 0.704. The van der Waals surface area contributed by atoms with Gasteiger partial charge in [0.1, 0.15) is 5.75 Å². The van der Waals surface area contributed by atoms with Crippen molar-refractivity contribution in [3.63, 3.8) is 0 Å². The number of ether oxygens (including phenoxy) is 1. The SMILES string of the molecule is CCCOc1ccc(CCC2=CCC(CC[C@H]3CC[C@H](CC)CC3)CC2)cc1. The van der Waals surface area contributed by atoms with Crippen molar-refractivity contribution in [1.29, 1.82) is 0 Å². The predicted octanol–water partition coefficient (Wildman–Crippen LogP) is 8.13. The van der Waals surface area contributed by atoms with Crippen LogP contribution in [0.1, 0.15) is 96.5 Å². The zero-order valence-corrected chi connectivity index (χ0v) is 18.4. The van der Waals surface area contributed by atoms with E-state index in [0.717, 1.165) is 36.5 Å². The molecule has 156 valence electrons. The molecule has 2 aliphatic rings. The average Bonchev–Trinajstić information content (AvgIpc) is 2.76. The number of allylic oxidation sites excluding steroid dienone is 2. The minimum Gasteiger partial charge on any atom is -0.494 e. The van der Waals surface area contributed by atoms with Gasteiger partial charge in [-0.05, 0) is 80.4 Å². The van der Waals surface area contributed by atoms with Crippen molar-refractivity contribution in [3.8, 4) is 5.75 Å². The first-order chi connectivity index (χ1) is 13.8. The minimum atomic E-state index is 0.813. The lowest BCUT2D eigenvalue weighted by Gasteiger charge is -2.29. The zero-order chi connectivity index (χ0) is 19.6. The molecule has 2 aliphatic carbocycles. The van der Waals surface area contributed by atoms with Gasteiger partial charge in [-0.25, -0.2) is 0 Å². The molecule has 1 unspecified atom stereocenters. The van der Waals surface area contributed by atoms with E-state index in [9.17, 15) is 0 Å². The first-order valence-corrected chi connectivity index (χ1v) is 12.2. The summed E-state index contributed by atoms with van der Waals surface area (Å²) in [6.45, 7) is 5.33. The zero-order valence-electron chi connectivity index (χ0n) is 18.4. The van der Waals surface area contributed by atoms with Crippen molar-refractivity contribution < 1.29 is 4.74 Å². The van der Waals surface area contributed by atoms with Crippen LogP contribution in [-0.4, -0.2) is 6.61 Å². The lowest BCUT2D eigenvalue weighted by atomic mass is 9.76. The second-order valence-corrected chi connectivity index (χ2v) is 9.37. The van der Waals surface area contributed by atoms with Crippen LogP contribution in [0, 0.1) is 17.8 Å². The molecular formula is C27H42O. The Morgan fingerprint density at radius 1 is 0.821 bits per heavy atom. The van der Waals surface area contributed by atoms with Crippen molar-refractivity contribution >= 4 is 0 Å². The van der Waals surface area contributed by atoms with Gasteiger partial charge in [0, 0.05) is 0 Å². The van der Waals surface area contributed by atoms with E-state index in [1.165, 1.54) is 82.6 Å². The van der Waals surface area contributed by atoms with Gasteiger partial charge in [0.15, 0.2) is 0 Å². The van der Waals surface area contributed by atoms with Crippen LogP contribution in [0.4, 0.5) is 0 Å². The number of rotatable bonds is 10. The molecule has 1 nitrogen and oxygen atoms in total. The van der Waals surface area contributed by atoms with Gasteiger partial charge in [0.2, 0.25) is 0 Å². The minimum absolute atomic E-state index is 0.813.